The van der Waals surface area contributed by atoms with Crippen molar-refractivity contribution in [2.24, 2.45) is 0 Å². The summed E-state index contributed by atoms with van der Waals surface area (Å²) in [6.45, 7) is 2.02. The van der Waals surface area contributed by atoms with Crippen LogP contribution in [0.4, 0.5) is 22.0 Å². The summed E-state index contributed by atoms with van der Waals surface area (Å²) in [4.78, 5) is 16.9. The van der Waals surface area contributed by atoms with Crippen molar-refractivity contribution < 1.29 is 40.4 Å². The maximum Gasteiger partial charge on any atom is 0.453 e. The molecule has 7 nitrogen and oxygen atoms in total. The van der Waals surface area contributed by atoms with Crippen LogP contribution in [0.25, 0.3) is 11.3 Å². The third-order valence-corrected chi connectivity index (χ3v) is 8.78. The van der Waals surface area contributed by atoms with E-state index in [4.69, 9.17) is 0 Å². The van der Waals surface area contributed by atoms with Gasteiger partial charge in [0, 0.05) is 24.7 Å². The summed E-state index contributed by atoms with van der Waals surface area (Å²) in [5, 5.41) is 13.4. The van der Waals surface area contributed by atoms with E-state index in [1.165, 1.54) is 49.5 Å². The number of pyridine rings is 1. The van der Waals surface area contributed by atoms with E-state index in [1.54, 1.807) is 0 Å². The molecule has 1 saturated heterocycles. The van der Waals surface area contributed by atoms with Gasteiger partial charge in [-0.1, -0.05) is 18.2 Å². The Morgan fingerprint density at radius 1 is 1.08 bits per heavy atom. The van der Waals surface area contributed by atoms with Gasteiger partial charge in [-0.2, -0.15) is 22.0 Å². The molecule has 0 bridgehead atoms. The number of alkyl halides is 5. The van der Waals surface area contributed by atoms with Crippen LogP contribution in [-0.2, 0) is 21.1 Å². The monoisotopic (exact) mass is 535 g/mol. The molecule has 2 N–H and O–H groups in total. The van der Waals surface area contributed by atoms with E-state index in [9.17, 15) is 40.4 Å². The number of benzene rings is 1. The fraction of sp³-hybridized carbons (Fsp3) is 0.478. The van der Waals surface area contributed by atoms with E-state index >= 15 is 0 Å². The summed E-state index contributed by atoms with van der Waals surface area (Å²) in [6.07, 6.45) is -6.38. The van der Waals surface area contributed by atoms with Crippen LogP contribution in [0.15, 0.2) is 47.5 Å². The molecule has 2 heterocycles. The van der Waals surface area contributed by atoms with Gasteiger partial charge in [0.25, 0.3) is 5.91 Å². The number of nitrogens with zero attached hydrogens (tertiary/aromatic N) is 2. The summed E-state index contributed by atoms with van der Waals surface area (Å²) in [5.74, 6) is -5.69. The lowest BCUT2D eigenvalue weighted by atomic mass is 9.95. The molecule has 2 aromatic rings. The molecule has 1 aliphatic heterocycles. The lowest BCUT2D eigenvalue weighted by Gasteiger charge is -2.37. The molecule has 0 radical (unpaired) electrons. The first kappa shape index (κ1) is 27.9. The van der Waals surface area contributed by atoms with Gasteiger partial charge in [-0.15, -0.1) is 0 Å². The van der Waals surface area contributed by atoms with Crippen molar-refractivity contribution in [1.29, 1.82) is 0 Å². The molecule has 0 saturated carbocycles. The van der Waals surface area contributed by atoms with Crippen LogP contribution >= 0.6 is 0 Å². The standard InChI is InChI=1S/C23H26F5N3O4S/c1-2-31(33)20(32)21(11-13-29-14-12-21)36(34,35)18-6-4-17(5-7-18)19-8-3-16(15-30-19)9-10-22(24,25)23(26,27)28/h3-8,15,29,33H,2,9-14H2,1H3. The van der Waals surface area contributed by atoms with Crippen molar-refractivity contribution in [1.82, 2.24) is 15.4 Å². The van der Waals surface area contributed by atoms with E-state index < -0.39 is 45.4 Å². The fourth-order valence-electron chi connectivity index (χ4n) is 4.02. The molecule has 1 amide bonds. The summed E-state index contributed by atoms with van der Waals surface area (Å²) in [7, 11) is -4.19. The van der Waals surface area contributed by atoms with Crippen LogP contribution < -0.4 is 5.32 Å². The first-order chi connectivity index (χ1) is 16.7. The highest BCUT2D eigenvalue weighted by molar-refractivity contribution is 7.93. The Bertz CT molecular complexity index is 1160. The van der Waals surface area contributed by atoms with Crippen LogP contribution in [0.5, 0.6) is 0 Å². The highest BCUT2D eigenvalue weighted by Gasteiger charge is 2.56. The minimum atomic E-state index is -5.62. The molecule has 0 spiro atoms. The van der Waals surface area contributed by atoms with Gasteiger partial charge < -0.3 is 5.32 Å². The molecule has 36 heavy (non-hydrogen) atoms. The number of amides is 1. The molecular formula is C23H26F5N3O4S. The Labute approximate surface area is 205 Å². The van der Waals surface area contributed by atoms with Crippen LogP contribution in [0, 0.1) is 0 Å². The van der Waals surface area contributed by atoms with Crippen molar-refractivity contribution in [3.8, 4) is 11.3 Å². The van der Waals surface area contributed by atoms with Crippen molar-refractivity contribution in [3.63, 3.8) is 0 Å². The summed E-state index contributed by atoms with van der Waals surface area (Å²) >= 11 is 0. The average molecular weight is 536 g/mol. The first-order valence-corrected chi connectivity index (χ1v) is 12.7. The number of nitrogens with one attached hydrogen (secondary N) is 1. The first-order valence-electron chi connectivity index (χ1n) is 11.2. The molecule has 198 valence electrons. The van der Waals surface area contributed by atoms with Gasteiger partial charge in [0.1, 0.15) is 0 Å². The second-order valence-electron chi connectivity index (χ2n) is 8.55. The van der Waals surface area contributed by atoms with Gasteiger partial charge in [0.05, 0.1) is 10.6 Å². The van der Waals surface area contributed by atoms with Crippen LogP contribution in [0.2, 0.25) is 0 Å². The fourth-order valence-corrected chi connectivity index (χ4v) is 6.05. The number of aryl methyl sites for hydroxylation is 1. The Hall–Kier alpha value is -2.64. The number of sulfone groups is 1. The predicted molar refractivity (Wildman–Crippen MR) is 120 cm³/mol. The zero-order valence-electron chi connectivity index (χ0n) is 19.4. The van der Waals surface area contributed by atoms with Gasteiger partial charge in [-0.05, 0) is 63.0 Å². The minimum Gasteiger partial charge on any atom is -0.317 e. The van der Waals surface area contributed by atoms with Gasteiger partial charge in [0.2, 0.25) is 0 Å². The maximum atomic E-state index is 13.5. The number of hydrogen-bond donors (Lipinski definition) is 2. The Balaban J connectivity index is 1.81. The van der Waals surface area contributed by atoms with E-state index in [1.807, 2.05) is 0 Å². The number of hydrogen-bond acceptors (Lipinski definition) is 6. The Morgan fingerprint density at radius 3 is 2.19 bits per heavy atom. The summed E-state index contributed by atoms with van der Waals surface area (Å²) in [5.41, 5.74) is 1.02. The second-order valence-corrected chi connectivity index (χ2v) is 10.8. The number of hydroxylamine groups is 2. The lowest BCUT2D eigenvalue weighted by Crippen LogP contribution is -2.57. The molecule has 0 unspecified atom stereocenters. The van der Waals surface area contributed by atoms with Crippen molar-refractivity contribution in [2.45, 2.75) is 54.3 Å². The van der Waals surface area contributed by atoms with Crippen molar-refractivity contribution >= 4 is 15.7 Å². The van der Waals surface area contributed by atoms with Crippen molar-refractivity contribution in [3.05, 3.63) is 48.2 Å². The molecule has 0 atom stereocenters. The molecule has 0 aliphatic carbocycles. The molecule has 13 heteroatoms. The van der Waals surface area contributed by atoms with E-state index in [0.717, 1.165) is 0 Å². The highest BCUT2D eigenvalue weighted by atomic mass is 32.2. The van der Waals surface area contributed by atoms with E-state index in [0.29, 0.717) is 16.3 Å². The van der Waals surface area contributed by atoms with E-state index in [-0.39, 0.29) is 42.9 Å². The quantitative estimate of drug-likeness (QED) is 0.301. The molecule has 1 fully saturated rings. The number of halogens is 5. The van der Waals surface area contributed by atoms with Crippen LogP contribution in [-0.4, -0.2) is 66.1 Å². The minimum absolute atomic E-state index is 0.0105. The lowest BCUT2D eigenvalue weighted by molar-refractivity contribution is -0.284. The van der Waals surface area contributed by atoms with Crippen molar-refractivity contribution in [2.75, 3.05) is 19.6 Å². The van der Waals surface area contributed by atoms with Gasteiger partial charge in [-0.3, -0.25) is 15.0 Å². The molecular weight excluding hydrogens is 509 g/mol. The average Bonchev–Trinajstić information content (AvgIpc) is 2.86. The molecule has 1 aromatic heterocycles. The smallest absolute Gasteiger partial charge is 0.317 e. The zero-order valence-corrected chi connectivity index (χ0v) is 20.2. The highest BCUT2D eigenvalue weighted by Crippen LogP contribution is 2.39. The van der Waals surface area contributed by atoms with E-state index in [2.05, 4.69) is 10.3 Å². The van der Waals surface area contributed by atoms with Crippen LogP contribution in [0.1, 0.15) is 31.7 Å². The number of carbonyl (C=O) groups is 1. The SMILES string of the molecule is CCN(O)C(=O)C1(S(=O)(=O)c2ccc(-c3ccc(CCC(F)(F)C(F)(F)F)cn3)cc2)CCNCC1. The van der Waals surface area contributed by atoms with Gasteiger partial charge >= 0.3 is 12.1 Å². The summed E-state index contributed by atoms with van der Waals surface area (Å²) < 4.78 is 88.6. The number of carbonyl (C=O) groups excluding carboxylic acids is 1. The maximum absolute atomic E-state index is 13.5. The third-order valence-electron chi connectivity index (χ3n) is 6.28. The Kier molecular flexibility index (Phi) is 8.06. The normalized spacial score (nSPS) is 16.5. The number of aromatic nitrogens is 1. The van der Waals surface area contributed by atoms with Gasteiger partial charge in [0.15, 0.2) is 14.6 Å². The zero-order chi connectivity index (χ0) is 26.8. The number of piperidine rings is 1. The third kappa shape index (κ3) is 5.37. The van der Waals surface area contributed by atoms with Crippen LogP contribution in [0.3, 0.4) is 0 Å². The van der Waals surface area contributed by atoms with Gasteiger partial charge in [-0.25, -0.2) is 13.5 Å². The molecule has 1 aliphatic rings. The summed E-state index contributed by atoms with van der Waals surface area (Å²) in [6, 6.07) is 8.37. The predicted octanol–water partition coefficient (Wildman–Crippen LogP) is 4.01. The topological polar surface area (TPSA) is 99.6 Å². The molecule has 1 aromatic carbocycles. The number of rotatable bonds is 8. The molecule has 3 rings (SSSR count). The largest absolute Gasteiger partial charge is 0.453 e. The second kappa shape index (κ2) is 10.4. The Morgan fingerprint density at radius 2 is 1.69 bits per heavy atom.